The quantitative estimate of drug-likeness (QED) is 0.921. The molecule has 132 valence electrons. The Morgan fingerprint density at radius 3 is 2.48 bits per heavy atom. The second-order valence-corrected chi connectivity index (χ2v) is 6.68. The number of anilines is 1. The van der Waals surface area contributed by atoms with E-state index in [1.807, 2.05) is 29.2 Å². The summed E-state index contributed by atoms with van der Waals surface area (Å²) >= 11 is 0. The average molecular weight is 342 g/mol. The third-order valence-electron chi connectivity index (χ3n) is 4.84. The summed E-state index contributed by atoms with van der Waals surface area (Å²) in [6.45, 7) is 1.36. The first-order valence-corrected chi connectivity index (χ1v) is 8.76. The van der Waals surface area contributed by atoms with Crippen molar-refractivity contribution in [1.82, 2.24) is 15.1 Å². The fraction of sp³-hybridized carbons (Fsp3) is 0.500. The van der Waals surface area contributed by atoms with Crippen LogP contribution in [-0.4, -0.2) is 41.3 Å². The van der Waals surface area contributed by atoms with Crippen LogP contribution in [0.1, 0.15) is 49.3 Å². The second-order valence-electron chi connectivity index (χ2n) is 6.68. The number of carbonyl (C=O) groups is 1. The number of aromatic nitrogens is 2. The van der Waals surface area contributed by atoms with E-state index >= 15 is 0 Å². The van der Waals surface area contributed by atoms with Crippen LogP contribution in [0.3, 0.4) is 0 Å². The number of ether oxygens (including phenoxy) is 1. The first kappa shape index (κ1) is 15.9. The van der Waals surface area contributed by atoms with Gasteiger partial charge in [0.25, 0.3) is 0 Å². The smallest absolute Gasteiger partial charge is 0.321 e. The normalized spacial score (nSPS) is 18.2. The van der Waals surface area contributed by atoms with Crippen molar-refractivity contribution in [3.8, 4) is 5.75 Å². The Balaban J connectivity index is 1.32. The largest absolute Gasteiger partial charge is 0.497 e. The first-order valence-electron chi connectivity index (χ1n) is 8.76. The summed E-state index contributed by atoms with van der Waals surface area (Å²) in [7, 11) is 1.61. The van der Waals surface area contributed by atoms with Crippen molar-refractivity contribution in [3.63, 3.8) is 0 Å². The minimum Gasteiger partial charge on any atom is -0.497 e. The van der Waals surface area contributed by atoms with Gasteiger partial charge in [-0.3, -0.25) is 0 Å². The number of benzene rings is 1. The number of urea groups is 1. The van der Waals surface area contributed by atoms with E-state index in [1.54, 1.807) is 7.11 Å². The molecule has 0 spiro atoms. The van der Waals surface area contributed by atoms with Crippen LogP contribution >= 0.6 is 0 Å². The minimum absolute atomic E-state index is 0.0871. The number of amides is 2. The maximum atomic E-state index is 12.4. The first-order chi connectivity index (χ1) is 12.2. The number of likely N-dealkylation sites (tertiary alicyclic amines) is 1. The van der Waals surface area contributed by atoms with E-state index < -0.39 is 0 Å². The zero-order valence-corrected chi connectivity index (χ0v) is 14.3. The Bertz CT molecular complexity index is 748. The lowest BCUT2D eigenvalue weighted by Crippen LogP contribution is -2.40. The van der Waals surface area contributed by atoms with Crippen molar-refractivity contribution >= 4 is 11.7 Å². The molecule has 25 heavy (non-hydrogen) atoms. The number of hydrogen-bond donors (Lipinski definition) is 1. The van der Waals surface area contributed by atoms with Crippen molar-refractivity contribution in [1.29, 1.82) is 0 Å². The lowest BCUT2D eigenvalue weighted by Gasteiger charge is -2.30. The molecule has 7 nitrogen and oxygen atoms in total. The van der Waals surface area contributed by atoms with Crippen LogP contribution in [0.4, 0.5) is 10.5 Å². The van der Waals surface area contributed by atoms with E-state index in [-0.39, 0.29) is 11.9 Å². The SMILES string of the molecule is COc1cccc(NC(=O)N2CCC(c3nnc(C4CC4)o3)CC2)c1. The van der Waals surface area contributed by atoms with Crippen molar-refractivity contribution in [3.05, 3.63) is 36.0 Å². The van der Waals surface area contributed by atoms with E-state index in [4.69, 9.17) is 9.15 Å². The lowest BCUT2D eigenvalue weighted by molar-refractivity contribution is 0.189. The molecule has 7 heteroatoms. The number of methoxy groups -OCH3 is 1. The fourth-order valence-electron chi connectivity index (χ4n) is 3.14. The van der Waals surface area contributed by atoms with Gasteiger partial charge >= 0.3 is 6.03 Å². The predicted octanol–water partition coefficient (Wildman–Crippen LogP) is 3.37. The van der Waals surface area contributed by atoms with Gasteiger partial charge in [-0.1, -0.05) is 6.07 Å². The monoisotopic (exact) mass is 342 g/mol. The minimum atomic E-state index is -0.0871. The van der Waals surface area contributed by atoms with Gasteiger partial charge in [0, 0.05) is 36.7 Å². The number of nitrogens with one attached hydrogen (secondary N) is 1. The molecule has 0 bridgehead atoms. The topological polar surface area (TPSA) is 80.5 Å². The lowest BCUT2D eigenvalue weighted by atomic mass is 9.97. The molecule has 2 aromatic rings. The zero-order chi connectivity index (χ0) is 17.2. The number of rotatable bonds is 4. The zero-order valence-electron chi connectivity index (χ0n) is 14.3. The molecule has 1 N–H and O–H groups in total. The van der Waals surface area contributed by atoms with E-state index in [9.17, 15) is 4.79 Å². The Kier molecular flexibility index (Phi) is 4.29. The predicted molar refractivity (Wildman–Crippen MR) is 91.8 cm³/mol. The number of carbonyl (C=O) groups excluding carboxylic acids is 1. The van der Waals surface area contributed by atoms with E-state index in [0.29, 0.717) is 19.0 Å². The Hall–Kier alpha value is -2.57. The molecule has 2 amide bonds. The maximum absolute atomic E-state index is 12.4. The van der Waals surface area contributed by atoms with Crippen LogP contribution in [-0.2, 0) is 0 Å². The molecule has 1 saturated carbocycles. The number of piperidine rings is 1. The molecule has 1 aliphatic carbocycles. The third kappa shape index (κ3) is 3.60. The molecule has 0 atom stereocenters. The number of nitrogens with zero attached hydrogens (tertiary/aromatic N) is 3. The standard InChI is InChI=1S/C18H22N4O3/c1-24-15-4-2-3-14(11-15)19-18(23)22-9-7-13(8-10-22)17-21-20-16(25-17)12-5-6-12/h2-4,11-13H,5-10H2,1H3,(H,19,23). The maximum Gasteiger partial charge on any atom is 0.321 e. The van der Waals surface area contributed by atoms with Gasteiger partial charge in [0.05, 0.1) is 7.11 Å². The van der Waals surface area contributed by atoms with Gasteiger partial charge in [0.15, 0.2) is 0 Å². The summed E-state index contributed by atoms with van der Waals surface area (Å²) in [6.07, 6.45) is 4.00. The average Bonchev–Trinajstić information content (AvgIpc) is 3.39. The Morgan fingerprint density at radius 2 is 1.84 bits per heavy atom. The molecule has 0 unspecified atom stereocenters. The number of hydrogen-bond acceptors (Lipinski definition) is 5. The third-order valence-corrected chi connectivity index (χ3v) is 4.84. The van der Waals surface area contributed by atoms with Crippen LogP contribution in [0, 0.1) is 0 Å². The van der Waals surface area contributed by atoms with Gasteiger partial charge < -0.3 is 19.4 Å². The highest BCUT2D eigenvalue weighted by Crippen LogP contribution is 2.40. The highest BCUT2D eigenvalue weighted by atomic mass is 16.5. The molecular formula is C18H22N4O3. The summed E-state index contributed by atoms with van der Waals surface area (Å²) in [4.78, 5) is 14.3. The summed E-state index contributed by atoms with van der Waals surface area (Å²) in [6, 6.07) is 7.28. The highest BCUT2D eigenvalue weighted by molar-refractivity contribution is 5.89. The Morgan fingerprint density at radius 1 is 1.16 bits per heavy atom. The van der Waals surface area contributed by atoms with Gasteiger partial charge in [-0.15, -0.1) is 10.2 Å². The summed E-state index contributed by atoms with van der Waals surface area (Å²) in [5.41, 5.74) is 0.734. The van der Waals surface area contributed by atoms with Crippen LogP contribution in [0.5, 0.6) is 5.75 Å². The molecule has 4 rings (SSSR count). The molecule has 1 aromatic carbocycles. The molecule has 1 aromatic heterocycles. The summed E-state index contributed by atoms with van der Waals surface area (Å²) in [5.74, 6) is 2.97. The Labute approximate surface area is 146 Å². The van der Waals surface area contributed by atoms with Gasteiger partial charge in [0.1, 0.15) is 5.75 Å². The van der Waals surface area contributed by atoms with E-state index in [0.717, 1.165) is 48.9 Å². The van der Waals surface area contributed by atoms with Crippen LogP contribution in [0.15, 0.2) is 28.7 Å². The second kappa shape index (κ2) is 6.74. The fourth-order valence-corrected chi connectivity index (χ4v) is 3.14. The molecular weight excluding hydrogens is 320 g/mol. The summed E-state index contributed by atoms with van der Waals surface area (Å²) in [5, 5.41) is 11.3. The molecule has 2 heterocycles. The van der Waals surface area contributed by atoms with Crippen LogP contribution in [0.25, 0.3) is 0 Å². The van der Waals surface area contributed by atoms with Crippen molar-refractivity contribution in [2.75, 3.05) is 25.5 Å². The molecule has 0 radical (unpaired) electrons. The molecule has 1 saturated heterocycles. The van der Waals surface area contributed by atoms with Crippen molar-refractivity contribution in [2.24, 2.45) is 0 Å². The van der Waals surface area contributed by atoms with Gasteiger partial charge in [0.2, 0.25) is 11.8 Å². The van der Waals surface area contributed by atoms with Crippen LogP contribution in [0.2, 0.25) is 0 Å². The highest BCUT2D eigenvalue weighted by Gasteiger charge is 2.32. The van der Waals surface area contributed by atoms with Crippen molar-refractivity contribution < 1.29 is 13.9 Å². The van der Waals surface area contributed by atoms with Crippen LogP contribution < -0.4 is 10.1 Å². The van der Waals surface area contributed by atoms with Gasteiger partial charge in [-0.2, -0.15) is 0 Å². The van der Waals surface area contributed by atoms with Gasteiger partial charge in [-0.25, -0.2) is 4.79 Å². The molecule has 1 aliphatic heterocycles. The summed E-state index contributed by atoms with van der Waals surface area (Å²) < 4.78 is 11.0. The van der Waals surface area contributed by atoms with E-state index in [1.165, 1.54) is 0 Å². The molecule has 2 aliphatic rings. The van der Waals surface area contributed by atoms with Gasteiger partial charge in [-0.05, 0) is 37.8 Å². The molecule has 2 fully saturated rings. The van der Waals surface area contributed by atoms with Crippen molar-refractivity contribution in [2.45, 2.75) is 37.5 Å². The van der Waals surface area contributed by atoms with E-state index in [2.05, 4.69) is 15.5 Å².